The molecule has 3 rings (SSSR count). The minimum atomic E-state index is -0.337. The van der Waals surface area contributed by atoms with E-state index < -0.39 is 0 Å². The number of hydrazone groups is 1. The van der Waals surface area contributed by atoms with Crippen molar-refractivity contribution in [2.45, 2.75) is 20.8 Å². The number of ether oxygens (including phenoxy) is 2. The van der Waals surface area contributed by atoms with Gasteiger partial charge >= 0.3 is 0 Å². The Labute approximate surface area is 184 Å². The molecule has 1 aromatic heterocycles. The molecule has 1 heterocycles. The zero-order valence-electron chi connectivity index (χ0n) is 17.6. The van der Waals surface area contributed by atoms with E-state index in [1.807, 2.05) is 19.9 Å². The zero-order chi connectivity index (χ0) is 21.8. The van der Waals surface area contributed by atoms with Crippen LogP contribution in [0.1, 0.15) is 32.9 Å². The second kappa shape index (κ2) is 9.17. The van der Waals surface area contributed by atoms with E-state index in [4.69, 9.17) is 9.47 Å². The van der Waals surface area contributed by atoms with Gasteiger partial charge in [0, 0.05) is 32.7 Å². The summed E-state index contributed by atoms with van der Waals surface area (Å²) < 4.78 is 13.5. The number of rotatable bonds is 6. The molecule has 0 saturated heterocycles. The van der Waals surface area contributed by atoms with Gasteiger partial charge in [-0.05, 0) is 72.6 Å². The van der Waals surface area contributed by atoms with Gasteiger partial charge in [-0.15, -0.1) is 0 Å². The topological polar surface area (TPSA) is 64.8 Å². The number of benzene rings is 2. The summed E-state index contributed by atoms with van der Waals surface area (Å²) in [4.78, 5) is 12.5. The number of methoxy groups -OCH3 is 2. The largest absolute Gasteiger partial charge is 0.493 e. The summed E-state index contributed by atoms with van der Waals surface area (Å²) in [5, 5.41) is 4.16. The third-order valence-electron chi connectivity index (χ3n) is 4.88. The van der Waals surface area contributed by atoms with Gasteiger partial charge in [0.25, 0.3) is 5.91 Å². The van der Waals surface area contributed by atoms with Crippen LogP contribution in [-0.2, 0) is 0 Å². The minimum Gasteiger partial charge on any atom is -0.493 e. The first kappa shape index (κ1) is 21.6. The van der Waals surface area contributed by atoms with Crippen molar-refractivity contribution in [1.82, 2.24) is 9.99 Å². The first-order valence-corrected chi connectivity index (χ1v) is 10.2. The van der Waals surface area contributed by atoms with E-state index in [1.54, 1.807) is 31.5 Å². The number of nitrogens with one attached hydrogen (secondary N) is 1. The van der Waals surface area contributed by atoms with E-state index in [0.717, 1.165) is 27.1 Å². The molecule has 0 aliphatic carbocycles. The first-order valence-electron chi connectivity index (χ1n) is 9.37. The number of amides is 1. The first-order chi connectivity index (χ1) is 14.4. The fourth-order valence-electron chi connectivity index (χ4n) is 3.33. The second-order valence-corrected chi connectivity index (χ2v) is 7.63. The lowest BCUT2D eigenvalue weighted by Gasteiger charge is -2.10. The Morgan fingerprint density at radius 1 is 1.03 bits per heavy atom. The van der Waals surface area contributed by atoms with E-state index in [1.165, 1.54) is 12.7 Å². The van der Waals surface area contributed by atoms with Crippen molar-refractivity contribution < 1.29 is 14.3 Å². The van der Waals surface area contributed by atoms with E-state index in [-0.39, 0.29) is 5.91 Å². The lowest BCUT2D eigenvalue weighted by atomic mass is 10.2. The van der Waals surface area contributed by atoms with Crippen LogP contribution in [0.4, 0.5) is 0 Å². The number of hydrogen-bond acceptors (Lipinski definition) is 4. The highest BCUT2D eigenvalue weighted by Gasteiger charge is 2.16. The maximum atomic E-state index is 12.5. The molecular weight excluding hydrogens is 446 g/mol. The lowest BCUT2D eigenvalue weighted by Crippen LogP contribution is -2.17. The maximum absolute atomic E-state index is 12.5. The van der Waals surface area contributed by atoms with Gasteiger partial charge in [0.05, 0.1) is 20.4 Å². The summed E-state index contributed by atoms with van der Waals surface area (Å²) in [5.74, 6) is 0.708. The molecule has 0 saturated carbocycles. The number of halogens is 1. The molecule has 0 radical (unpaired) electrons. The summed E-state index contributed by atoms with van der Waals surface area (Å²) in [6.45, 7) is 6.13. The molecule has 0 unspecified atom stereocenters. The highest BCUT2D eigenvalue weighted by atomic mass is 79.9. The van der Waals surface area contributed by atoms with Crippen LogP contribution in [0.3, 0.4) is 0 Å². The molecule has 30 heavy (non-hydrogen) atoms. The van der Waals surface area contributed by atoms with Crippen molar-refractivity contribution >= 4 is 28.1 Å². The van der Waals surface area contributed by atoms with Gasteiger partial charge in [-0.1, -0.05) is 12.1 Å². The molecule has 0 spiro atoms. The molecule has 0 aliphatic heterocycles. The van der Waals surface area contributed by atoms with Gasteiger partial charge in [-0.25, -0.2) is 5.43 Å². The fraction of sp³-hybridized carbons (Fsp3) is 0.217. The molecule has 1 amide bonds. The van der Waals surface area contributed by atoms with Crippen LogP contribution in [-0.4, -0.2) is 30.9 Å². The number of nitrogens with zero attached hydrogens (tertiary/aromatic N) is 2. The van der Waals surface area contributed by atoms with Gasteiger partial charge in [0.1, 0.15) is 0 Å². The average Bonchev–Trinajstić information content (AvgIpc) is 2.96. The highest BCUT2D eigenvalue weighted by molar-refractivity contribution is 9.10. The minimum absolute atomic E-state index is 0.337. The summed E-state index contributed by atoms with van der Waals surface area (Å²) in [7, 11) is 3.08. The van der Waals surface area contributed by atoms with Crippen molar-refractivity contribution in [2.75, 3.05) is 14.2 Å². The van der Waals surface area contributed by atoms with E-state index in [9.17, 15) is 4.79 Å². The molecule has 0 atom stereocenters. The van der Waals surface area contributed by atoms with Gasteiger partial charge in [-0.2, -0.15) is 5.10 Å². The Bertz CT molecular complexity index is 1120. The molecule has 0 aliphatic rings. The van der Waals surface area contributed by atoms with Crippen LogP contribution in [0.5, 0.6) is 11.5 Å². The van der Waals surface area contributed by atoms with Gasteiger partial charge in [-0.3, -0.25) is 4.79 Å². The van der Waals surface area contributed by atoms with E-state index in [0.29, 0.717) is 17.1 Å². The van der Waals surface area contributed by atoms with Crippen molar-refractivity contribution in [2.24, 2.45) is 5.10 Å². The van der Waals surface area contributed by atoms with Crippen LogP contribution in [0.25, 0.3) is 5.69 Å². The molecule has 3 aromatic rings. The Morgan fingerprint density at radius 3 is 2.43 bits per heavy atom. The second-order valence-electron chi connectivity index (χ2n) is 6.84. The Kier molecular flexibility index (Phi) is 6.62. The predicted octanol–water partition coefficient (Wildman–Crippen LogP) is 4.95. The van der Waals surface area contributed by atoms with Crippen molar-refractivity contribution in [3.05, 3.63) is 75.0 Å². The third kappa shape index (κ3) is 4.26. The normalized spacial score (nSPS) is 11.0. The van der Waals surface area contributed by atoms with Crippen LogP contribution < -0.4 is 14.9 Å². The summed E-state index contributed by atoms with van der Waals surface area (Å²) in [6, 6.07) is 13.3. The van der Waals surface area contributed by atoms with Crippen LogP contribution in [0, 0.1) is 20.8 Å². The molecule has 7 heteroatoms. The molecule has 0 fully saturated rings. The molecular formula is C23H24BrN3O3. The number of hydrogen-bond donors (Lipinski definition) is 1. The number of aryl methyl sites for hydroxylation is 1. The Balaban J connectivity index is 1.83. The van der Waals surface area contributed by atoms with Crippen LogP contribution in [0.2, 0.25) is 0 Å². The molecule has 6 nitrogen and oxygen atoms in total. The Hall–Kier alpha value is -3.06. The zero-order valence-corrected chi connectivity index (χ0v) is 19.2. The van der Waals surface area contributed by atoms with Gasteiger partial charge in [0.15, 0.2) is 11.5 Å². The third-order valence-corrected chi connectivity index (χ3v) is 5.88. The van der Waals surface area contributed by atoms with E-state index >= 15 is 0 Å². The van der Waals surface area contributed by atoms with Crippen molar-refractivity contribution in [3.8, 4) is 17.2 Å². The summed E-state index contributed by atoms with van der Waals surface area (Å²) >= 11 is 3.66. The van der Waals surface area contributed by atoms with Crippen molar-refractivity contribution in [3.63, 3.8) is 0 Å². The van der Waals surface area contributed by atoms with Gasteiger partial charge < -0.3 is 14.0 Å². The van der Waals surface area contributed by atoms with Gasteiger partial charge in [0.2, 0.25) is 0 Å². The van der Waals surface area contributed by atoms with Crippen LogP contribution in [0.15, 0.2) is 52.0 Å². The number of carbonyl (C=O) groups is 1. The average molecular weight is 470 g/mol. The fourth-order valence-corrected chi connectivity index (χ4v) is 3.89. The number of carbonyl (C=O) groups excluding carboxylic acids is 1. The van der Waals surface area contributed by atoms with E-state index in [2.05, 4.69) is 56.1 Å². The summed E-state index contributed by atoms with van der Waals surface area (Å²) in [5.41, 5.74) is 8.26. The monoisotopic (exact) mass is 469 g/mol. The predicted molar refractivity (Wildman–Crippen MR) is 122 cm³/mol. The molecule has 0 bridgehead atoms. The number of aromatic nitrogens is 1. The lowest BCUT2D eigenvalue weighted by molar-refractivity contribution is 0.0954. The quantitative estimate of drug-likeness (QED) is 0.410. The molecule has 1 N–H and O–H groups in total. The highest BCUT2D eigenvalue weighted by Crippen LogP contribution is 2.30. The summed E-state index contributed by atoms with van der Waals surface area (Å²) in [6.07, 6.45) is 1.65. The SMILES string of the molecule is COc1ccc(C(=O)N/N=C\c2c(Br)c(C)n(-c3cccc(C)c3)c2C)cc1OC. The Morgan fingerprint density at radius 2 is 1.77 bits per heavy atom. The smallest absolute Gasteiger partial charge is 0.271 e. The standard InChI is InChI=1S/C23H24BrN3O3/c1-14-7-6-8-18(11-14)27-15(2)19(22(24)16(27)3)13-25-26-23(28)17-9-10-20(29-4)21(12-17)30-5/h6-13H,1-5H3,(H,26,28)/b25-13-. The molecule has 2 aromatic carbocycles. The maximum Gasteiger partial charge on any atom is 0.271 e. The van der Waals surface area contributed by atoms with Crippen LogP contribution >= 0.6 is 15.9 Å². The van der Waals surface area contributed by atoms with Crippen molar-refractivity contribution in [1.29, 1.82) is 0 Å². The molecule has 156 valence electrons.